The summed E-state index contributed by atoms with van der Waals surface area (Å²) in [5.74, 6) is -0.413. The molecule has 0 fully saturated rings. The first-order chi connectivity index (χ1) is 6.29. The Morgan fingerprint density at radius 2 is 1.79 bits per heavy atom. The highest BCUT2D eigenvalue weighted by Crippen LogP contribution is 2.35. The Labute approximate surface area is 88.4 Å². The van der Waals surface area contributed by atoms with Crippen LogP contribution in [0.4, 0.5) is 13.2 Å². The van der Waals surface area contributed by atoms with Gasteiger partial charge in [0.15, 0.2) is 5.75 Å². The number of benzene rings is 1. The van der Waals surface area contributed by atoms with Gasteiger partial charge in [0.2, 0.25) is 0 Å². The summed E-state index contributed by atoms with van der Waals surface area (Å²) in [5.41, 5.74) is 0.236. The molecule has 0 saturated carbocycles. The van der Waals surface area contributed by atoms with Crippen LogP contribution in [0.1, 0.15) is 5.56 Å². The summed E-state index contributed by atoms with van der Waals surface area (Å²) >= 11 is 11.1. The van der Waals surface area contributed by atoms with E-state index < -0.39 is 12.1 Å². The predicted molar refractivity (Wildman–Crippen MR) is 47.9 cm³/mol. The van der Waals surface area contributed by atoms with Crippen LogP contribution in [0.3, 0.4) is 0 Å². The van der Waals surface area contributed by atoms with Crippen molar-refractivity contribution in [2.24, 2.45) is 0 Å². The van der Waals surface area contributed by atoms with Crippen molar-refractivity contribution in [3.63, 3.8) is 0 Å². The molecule has 0 aliphatic rings. The van der Waals surface area contributed by atoms with Gasteiger partial charge in [-0.2, -0.15) is 0 Å². The first-order valence-electron chi connectivity index (χ1n) is 3.51. The van der Waals surface area contributed by atoms with Crippen LogP contribution in [-0.2, 0) is 0 Å². The van der Waals surface area contributed by atoms with Crippen LogP contribution in [-0.4, -0.2) is 6.36 Å². The van der Waals surface area contributed by atoms with Gasteiger partial charge in [0, 0.05) is 5.02 Å². The number of rotatable bonds is 1. The summed E-state index contributed by atoms with van der Waals surface area (Å²) in [6.07, 6.45) is -4.75. The number of ether oxygens (including phenoxy) is 1. The van der Waals surface area contributed by atoms with Crippen molar-refractivity contribution < 1.29 is 17.9 Å². The largest absolute Gasteiger partial charge is 0.573 e. The summed E-state index contributed by atoms with van der Waals surface area (Å²) in [6, 6.07) is 2.53. The normalized spacial score (nSPS) is 11.6. The molecule has 1 aromatic rings. The van der Waals surface area contributed by atoms with Crippen LogP contribution < -0.4 is 4.74 Å². The molecule has 0 heterocycles. The van der Waals surface area contributed by atoms with Gasteiger partial charge in [-0.15, -0.1) is 13.2 Å². The van der Waals surface area contributed by atoms with Crippen molar-refractivity contribution in [2.45, 2.75) is 13.3 Å². The summed E-state index contributed by atoms with van der Waals surface area (Å²) in [6.45, 7) is 1.43. The molecule has 1 nitrogen and oxygen atoms in total. The standard InChI is InChI=1S/C8H5Cl2F3O/c1-4-2-5(9)3-6(10)7(4)14-8(11,12)13/h2-3H,1H3. The van der Waals surface area contributed by atoms with Crippen molar-refractivity contribution in [1.82, 2.24) is 0 Å². The van der Waals surface area contributed by atoms with E-state index in [-0.39, 0.29) is 15.6 Å². The lowest BCUT2D eigenvalue weighted by Crippen LogP contribution is -2.18. The van der Waals surface area contributed by atoms with Gasteiger partial charge in [-0.1, -0.05) is 23.2 Å². The zero-order chi connectivity index (χ0) is 10.9. The molecule has 14 heavy (non-hydrogen) atoms. The van der Waals surface area contributed by atoms with Crippen LogP contribution in [0, 0.1) is 6.92 Å². The summed E-state index contributed by atoms with van der Waals surface area (Å²) in [7, 11) is 0. The lowest BCUT2D eigenvalue weighted by atomic mass is 10.2. The van der Waals surface area contributed by atoms with E-state index >= 15 is 0 Å². The van der Waals surface area contributed by atoms with Crippen molar-refractivity contribution in [3.8, 4) is 5.75 Å². The van der Waals surface area contributed by atoms with Crippen LogP contribution in [0.2, 0.25) is 10.0 Å². The molecule has 78 valence electrons. The van der Waals surface area contributed by atoms with E-state index in [9.17, 15) is 13.2 Å². The maximum Gasteiger partial charge on any atom is 0.573 e. The molecule has 0 unspecified atom stereocenters. The third-order valence-corrected chi connectivity index (χ3v) is 1.91. The Balaban J connectivity index is 3.09. The fourth-order valence-electron chi connectivity index (χ4n) is 0.934. The number of halogens is 5. The van der Waals surface area contributed by atoms with Gasteiger partial charge in [-0.3, -0.25) is 0 Å². The van der Waals surface area contributed by atoms with Crippen molar-refractivity contribution in [2.75, 3.05) is 0 Å². The molecule has 0 atom stereocenters. The Morgan fingerprint density at radius 1 is 1.21 bits per heavy atom. The molecule has 0 N–H and O–H groups in total. The van der Waals surface area contributed by atoms with Crippen LogP contribution in [0.25, 0.3) is 0 Å². The minimum atomic E-state index is -4.75. The van der Waals surface area contributed by atoms with Crippen molar-refractivity contribution in [3.05, 3.63) is 27.7 Å². The van der Waals surface area contributed by atoms with Crippen LogP contribution in [0.5, 0.6) is 5.75 Å². The highest BCUT2D eigenvalue weighted by atomic mass is 35.5. The highest BCUT2D eigenvalue weighted by molar-refractivity contribution is 6.35. The van der Waals surface area contributed by atoms with E-state index in [4.69, 9.17) is 23.2 Å². The number of hydrogen-bond donors (Lipinski definition) is 0. The molecule has 0 aliphatic heterocycles. The lowest BCUT2D eigenvalue weighted by Gasteiger charge is -2.12. The first kappa shape index (κ1) is 11.5. The molecular formula is C8H5Cl2F3O. The highest BCUT2D eigenvalue weighted by Gasteiger charge is 2.32. The van der Waals surface area contributed by atoms with Gasteiger partial charge in [0.25, 0.3) is 0 Å². The SMILES string of the molecule is Cc1cc(Cl)cc(Cl)c1OC(F)(F)F. The van der Waals surface area contributed by atoms with E-state index in [2.05, 4.69) is 4.74 Å². The minimum absolute atomic E-state index is 0.160. The number of aryl methyl sites for hydroxylation is 1. The second-order valence-electron chi connectivity index (χ2n) is 2.58. The first-order valence-corrected chi connectivity index (χ1v) is 4.26. The molecule has 0 saturated heterocycles. The quantitative estimate of drug-likeness (QED) is 0.720. The van der Waals surface area contributed by atoms with Gasteiger partial charge in [0.1, 0.15) is 0 Å². The number of hydrogen-bond acceptors (Lipinski definition) is 1. The topological polar surface area (TPSA) is 9.23 Å². The van der Waals surface area contributed by atoms with E-state index in [0.717, 1.165) is 0 Å². The molecule has 0 aromatic heterocycles. The maximum absolute atomic E-state index is 11.9. The Kier molecular flexibility index (Phi) is 3.17. The Hall–Kier alpha value is -0.610. The lowest BCUT2D eigenvalue weighted by molar-refractivity contribution is -0.274. The molecular weight excluding hydrogens is 240 g/mol. The zero-order valence-electron chi connectivity index (χ0n) is 6.95. The average molecular weight is 245 g/mol. The van der Waals surface area contributed by atoms with Crippen LogP contribution in [0.15, 0.2) is 12.1 Å². The van der Waals surface area contributed by atoms with Crippen LogP contribution >= 0.6 is 23.2 Å². The number of alkyl halides is 3. The second kappa shape index (κ2) is 3.87. The fraction of sp³-hybridized carbons (Fsp3) is 0.250. The average Bonchev–Trinajstić information content (AvgIpc) is 1.95. The van der Waals surface area contributed by atoms with E-state index in [1.54, 1.807) is 0 Å². The molecule has 1 rings (SSSR count). The molecule has 0 aliphatic carbocycles. The maximum atomic E-state index is 11.9. The predicted octanol–water partition coefficient (Wildman–Crippen LogP) is 4.20. The molecule has 1 aromatic carbocycles. The van der Waals surface area contributed by atoms with Gasteiger partial charge >= 0.3 is 6.36 Å². The monoisotopic (exact) mass is 244 g/mol. The van der Waals surface area contributed by atoms with E-state index in [1.807, 2.05) is 0 Å². The molecule has 0 spiro atoms. The van der Waals surface area contributed by atoms with E-state index in [1.165, 1.54) is 19.1 Å². The van der Waals surface area contributed by atoms with E-state index in [0.29, 0.717) is 0 Å². The van der Waals surface area contributed by atoms with Gasteiger partial charge in [-0.05, 0) is 24.6 Å². The third kappa shape index (κ3) is 2.96. The van der Waals surface area contributed by atoms with Crippen molar-refractivity contribution in [1.29, 1.82) is 0 Å². The fourth-order valence-corrected chi connectivity index (χ4v) is 1.57. The van der Waals surface area contributed by atoms with Crippen molar-refractivity contribution >= 4 is 23.2 Å². The molecule has 0 radical (unpaired) electrons. The van der Waals surface area contributed by atoms with Gasteiger partial charge in [-0.25, -0.2) is 0 Å². The molecule has 0 bridgehead atoms. The Morgan fingerprint density at radius 3 is 2.21 bits per heavy atom. The molecule has 6 heteroatoms. The minimum Gasteiger partial charge on any atom is -0.404 e. The van der Waals surface area contributed by atoms with Gasteiger partial charge < -0.3 is 4.74 Å². The summed E-state index contributed by atoms with van der Waals surface area (Å²) in [4.78, 5) is 0. The summed E-state index contributed by atoms with van der Waals surface area (Å²) < 4.78 is 39.4. The van der Waals surface area contributed by atoms with Gasteiger partial charge in [0.05, 0.1) is 5.02 Å². The molecule has 0 amide bonds. The summed E-state index contributed by atoms with van der Waals surface area (Å²) in [5, 5.41) is 0.106. The Bertz CT molecular complexity index is 326. The smallest absolute Gasteiger partial charge is 0.404 e. The third-order valence-electron chi connectivity index (χ3n) is 1.41. The zero-order valence-corrected chi connectivity index (χ0v) is 8.46. The second-order valence-corrected chi connectivity index (χ2v) is 3.43.